The van der Waals surface area contributed by atoms with E-state index in [0.717, 1.165) is 18.0 Å². The third-order valence-corrected chi connectivity index (χ3v) is 4.56. The normalized spacial score (nSPS) is 21.6. The Hall–Kier alpha value is -1.36. The fourth-order valence-electron chi connectivity index (χ4n) is 3.24. The van der Waals surface area contributed by atoms with Crippen LogP contribution in [0.25, 0.3) is 0 Å². The summed E-state index contributed by atoms with van der Waals surface area (Å²) in [7, 11) is 0. The molecule has 2 nitrogen and oxygen atoms in total. The molecule has 0 aromatic carbocycles. The second-order valence-corrected chi connectivity index (χ2v) is 6.21. The number of hydrogen-bond donors (Lipinski definition) is 0. The molecule has 1 aromatic rings. The topological polar surface area (TPSA) is 25.8 Å². The predicted molar refractivity (Wildman–Crippen MR) is 88.0 cm³/mol. The molecule has 2 rings (SSSR count). The van der Waals surface area contributed by atoms with Gasteiger partial charge in [-0.15, -0.1) is 5.10 Å². The van der Waals surface area contributed by atoms with Crippen LogP contribution >= 0.6 is 0 Å². The van der Waals surface area contributed by atoms with Gasteiger partial charge in [0.05, 0.1) is 5.69 Å². The molecule has 114 valence electrons. The highest BCUT2D eigenvalue weighted by Crippen LogP contribution is 2.36. The monoisotopic (exact) mass is 284 g/mol. The molecule has 1 fully saturated rings. The minimum atomic E-state index is 0.619. The van der Waals surface area contributed by atoms with Crippen LogP contribution in [0.1, 0.15) is 88.9 Å². The summed E-state index contributed by atoms with van der Waals surface area (Å²) in [5.41, 5.74) is 1.97. The largest absolute Gasteiger partial charge is 0.154 e. The van der Waals surface area contributed by atoms with Crippen molar-refractivity contribution in [3.05, 3.63) is 23.5 Å². The zero-order valence-corrected chi connectivity index (χ0v) is 13.6. The van der Waals surface area contributed by atoms with Crippen LogP contribution in [0.15, 0.2) is 12.1 Å². The molecule has 0 unspecified atom stereocenters. The number of aromatic nitrogens is 2. The number of hydrogen-bond acceptors (Lipinski definition) is 2. The maximum Gasteiger partial charge on any atom is 0.135 e. The lowest BCUT2D eigenvalue weighted by Crippen LogP contribution is -2.14. The Kier molecular flexibility index (Phi) is 6.73. The zero-order valence-electron chi connectivity index (χ0n) is 13.6. The second-order valence-electron chi connectivity index (χ2n) is 6.21. The summed E-state index contributed by atoms with van der Waals surface area (Å²) in [6.07, 6.45) is 11.7. The van der Waals surface area contributed by atoms with E-state index in [9.17, 15) is 0 Å². The quantitative estimate of drug-likeness (QED) is 0.556. The Balaban J connectivity index is 1.81. The van der Waals surface area contributed by atoms with Crippen molar-refractivity contribution in [2.75, 3.05) is 0 Å². The molecular weight excluding hydrogens is 256 g/mol. The van der Waals surface area contributed by atoms with Crippen molar-refractivity contribution in [2.45, 2.75) is 77.6 Å². The molecule has 1 saturated carbocycles. The van der Waals surface area contributed by atoms with Crippen molar-refractivity contribution in [3.63, 3.8) is 0 Å². The molecule has 0 bridgehead atoms. The fourth-order valence-corrected chi connectivity index (χ4v) is 3.24. The first-order valence-electron chi connectivity index (χ1n) is 8.66. The van der Waals surface area contributed by atoms with Crippen LogP contribution in [0.4, 0.5) is 0 Å². The summed E-state index contributed by atoms with van der Waals surface area (Å²) in [6.45, 7) is 4.33. The van der Waals surface area contributed by atoms with Gasteiger partial charge in [0.15, 0.2) is 0 Å². The minimum absolute atomic E-state index is 0.619. The van der Waals surface area contributed by atoms with Gasteiger partial charge in [-0.25, -0.2) is 0 Å². The Morgan fingerprint density at radius 1 is 1.05 bits per heavy atom. The summed E-state index contributed by atoms with van der Waals surface area (Å²) in [6, 6.07) is 4.16. The summed E-state index contributed by atoms with van der Waals surface area (Å²) in [5.74, 6) is 7.65. The minimum Gasteiger partial charge on any atom is -0.154 e. The van der Waals surface area contributed by atoms with E-state index in [-0.39, 0.29) is 0 Å². The first-order chi connectivity index (χ1) is 10.3. The Bertz CT molecular complexity index is 459. The van der Waals surface area contributed by atoms with Crippen molar-refractivity contribution in [1.29, 1.82) is 0 Å². The van der Waals surface area contributed by atoms with Crippen LogP contribution in [0.2, 0.25) is 0 Å². The molecule has 1 aliphatic carbocycles. The molecule has 0 amide bonds. The highest BCUT2D eigenvalue weighted by atomic mass is 15.1. The second kappa shape index (κ2) is 8.82. The third kappa shape index (κ3) is 5.16. The summed E-state index contributed by atoms with van der Waals surface area (Å²) < 4.78 is 0. The Morgan fingerprint density at radius 3 is 2.48 bits per heavy atom. The molecular formula is C19H28N2. The molecule has 0 radical (unpaired) electrons. The van der Waals surface area contributed by atoms with Crippen molar-refractivity contribution in [1.82, 2.24) is 10.2 Å². The highest BCUT2D eigenvalue weighted by molar-refractivity contribution is 5.27. The van der Waals surface area contributed by atoms with E-state index in [2.05, 4.69) is 35.0 Å². The van der Waals surface area contributed by atoms with Gasteiger partial charge in [0, 0.05) is 12.3 Å². The van der Waals surface area contributed by atoms with E-state index in [0.29, 0.717) is 5.92 Å². The van der Waals surface area contributed by atoms with Gasteiger partial charge in [-0.2, -0.15) is 5.10 Å². The van der Waals surface area contributed by atoms with Crippen LogP contribution < -0.4 is 0 Å². The number of nitrogens with zero attached hydrogens (tertiary/aromatic N) is 2. The molecule has 0 N–H and O–H groups in total. The first kappa shape index (κ1) is 16.0. The molecule has 0 saturated heterocycles. The van der Waals surface area contributed by atoms with Crippen molar-refractivity contribution in [3.8, 4) is 11.8 Å². The Morgan fingerprint density at radius 2 is 1.86 bits per heavy atom. The summed E-state index contributed by atoms with van der Waals surface area (Å²) in [4.78, 5) is 0. The van der Waals surface area contributed by atoms with Crippen LogP contribution in [0.3, 0.4) is 0 Å². The number of unbranched alkanes of at least 4 members (excludes halogenated alkanes) is 2. The molecule has 0 aliphatic heterocycles. The predicted octanol–water partition coefficient (Wildman–Crippen LogP) is 5.09. The number of rotatable bonds is 5. The van der Waals surface area contributed by atoms with Crippen LogP contribution in [-0.4, -0.2) is 10.2 Å². The van der Waals surface area contributed by atoms with E-state index >= 15 is 0 Å². The maximum absolute atomic E-state index is 4.40. The van der Waals surface area contributed by atoms with Crippen LogP contribution in [0, 0.1) is 17.8 Å². The SMILES string of the molecule is CCC#Cc1ccc(C2CCC(CCCCC)CC2)nn1. The van der Waals surface area contributed by atoms with Crippen molar-refractivity contribution < 1.29 is 0 Å². The van der Waals surface area contributed by atoms with Crippen molar-refractivity contribution >= 4 is 0 Å². The average Bonchev–Trinajstić information content (AvgIpc) is 2.54. The fraction of sp³-hybridized carbons (Fsp3) is 0.684. The van der Waals surface area contributed by atoms with Gasteiger partial charge in [0.2, 0.25) is 0 Å². The van der Waals surface area contributed by atoms with Gasteiger partial charge in [0.1, 0.15) is 5.69 Å². The lowest BCUT2D eigenvalue weighted by atomic mass is 9.78. The lowest BCUT2D eigenvalue weighted by molar-refractivity contribution is 0.299. The lowest BCUT2D eigenvalue weighted by Gasteiger charge is -2.27. The zero-order chi connectivity index (χ0) is 14.9. The van der Waals surface area contributed by atoms with E-state index in [4.69, 9.17) is 0 Å². The van der Waals surface area contributed by atoms with Gasteiger partial charge in [0.25, 0.3) is 0 Å². The smallest absolute Gasteiger partial charge is 0.135 e. The average molecular weight is 284 g/mol. The van der Waals surface area contributed by atoms with Gasteiger partial charge in [-0.05, 0) is 49.7 Å². The Labute approximate surface area is 129 Å². The highest BCUT2D eigenvalue weighted by Gasteiger charge is 2.23. The van der Waals surface area contributed by atoms with Crippen LogP contribution in [0.5, 0.6) is 0 Å². The molecule has 0 spiro atoms. The third-order valence-electron chi connectivity index (χ3n) is 4.56. The van der Waals surface area contributed by atoms with Crippen molar-refractivity contribution in [2.24, 2.45) is 5.92 Å². The van der Waals surface area contributed by atoms with Gasteiger partial charge < -0.3 is 0 Å². The van der Waals surface area contributed by atoms with E-state index in [1.54, 1.807) is 0 Å². The molecule has 1 aliphatic rings. The first-order valence-corrected chi connectivity index (χ1v) is 8.66. The van der Waals surface area contributed by atoms with Gasteiger partial charge >= 0.3 is 0 Å². The standard InChI is InChI=1S/C19H28N2/c1-3-5-7-8-16-10-12-17(13-11-16)19-15-14-18(20-21-19)9-6-4-2/h14-17H,3-5,7-8,10-13H2,1-2H3. The van der Waals surface area contributed by atoms with E-state index in [1.165, 1.54) is 57.1 Å². The molecule has 1 heterocycles. The maximum atomic E-state index is 4.40. The van der Waals surface area contributed by atoms with E-state index < -0.39 is 0 Å². The summed E-state index contributed by atoms with van der Waals surface area (Å²) in [5, 5.41) is 8.65. The molecule has 1 aromatic heterocycles. The van der Waals surface area contributed by atoms with Gasteiger partial charge in [-0.3, -0.25) is 0 Å². The van der Waals surface area contributed by atoms with Gasteiger partial charge in [-0.1, -0.05) is 45.5 Å². The van der Waals surface area contributed by atoms with Crippen LogP contribution in [-0.2, 0) is 0 Å². The molecule has 21 heavy (non-hydrogen) atoms. The molecule has 0 atom stereocenters. The van der Waals surface area contributed by atoms with E-state index in [1.807, 2.05) is 13.0 Å². The summed E-state index contributed by atoms with van der Waals surface area (Å²) >= 11 is 0. The molecule has 2 heteroatoms.